The van der Waals surface area contributed by atoms with Crippen LogP contribution in [0.4, 0.5) is 0 Å². The third kappa shape index (κ3) is 3.44. The van der Waals surface area contributed by atoms with Crippen LogP contribution in [0.2, 0.25) is 0 Å². The van der Waals surface area contributed by atoms with E-state index in [9.17, 15) is 5.11 Å². The Morgan fingerprint density at radius 1 is 1.38 bits per heavy atom. The number of aliphatic hydroxyl groups is 1. The zero-order valence-corrected chi connectivity index (χ0v) is 7.48. The number of nitrogens with two attached hydrogens (primary N) is 1. The summed E-state index contributed by atoms with van der Waals surface area (Å²) in [5.41, 5.74) is 6.29. The zero-order chi connectivity index (χ0) is 9.68. The zero-order valence-electron chi connectivity index (χ0n) is 7.48. The second kappa shape index (κ2) is 4.84. The molecule has 1 rings (SSSR count). The highest BCUT2D eigenvalue weighted by Crippen LogP contribution is 2.12. The van der Waals surface area contributed by atoms with Gasteiger partial charge >= 0.3 is 0 Å². The van der Waals surface area contributed by atoms with Crippen molar-refractivity contribution < 1.29 is 10.2 Å². The predicted molar refractivity (Wildman–Crippen MR) is 51.5 cm³/mol. The standard InChI is InChI=1S/C10H15NO2/c11-7-10(13)5-4-8-2-1-3-9(12)6-8/h1-3,6,10,12-13H,4-5,7,11H2. The third-order valence-electron chi connectivity index (χ3n) is 1.95. The maximum absolute atomic E-state index is 9.20. The molecule has 0 spiro atoms. The lowest BCUT2D eigenvalue weighted by Crippen LogP contribution is -2.20. The van der Waals surface area contributed by atoms with Gasteiger partial charge in [0.05, 0.1) is 6.10 Å². The maximum atomic E-state index is 9.20. The minimum atomic E-state index is -0.442. The minimum absolute atomic E-state index is 0.264. The first kappa shape index (κ1) is 10.0. The van der Waals surface area contributed by atoms with Crippen LogP contribution in [0, 0.1) is 0 Å². The van der Waals surface area contributed by atoms with Crippen LogP contribution in [0.3, 0.4) is 0 Å². The largest absolute Gasteiger partial charge is 0.508 e. The quantitative estimate of drug-likeness (QED) is 0.638. The van der Waals surface area contributed by atoms with Crippen molar-refractivity contribution in [2.24, 2.45) is 5.73 Å². The highest BCUT2D eigenvalue weighted by Gasteiger charge is 2.01. The molecule has 0 heterocycles. The first-order chi connectivity index (χ1) is 6.22. The summed E-state index contributed by atoms with van der Waals surface area (Å²) in [5, 5.41) is 18.3. The first-order valence-electron chi connectivity index (χ1n) is 4.38. The summed E-state index contributed by atoms with van der Waals surface area (Å²) in [4.78, 5) is 0. The molecular weight excluding hydrogens is 166 g/mol. The number of hydrogen-bond donors (Lipinski definition) is 3. The molecule has 0 bridgehead atoms. The van der Waals surface area contributed by atoms with Gasteiger partial charge in [0.25, 0.3) is 0 Å². The number of aromatic hydroxyl groups is 1. The van der Waals surface area contributed by atoms with Gasteiger partial charge in [-0.3, -0.25) is 0 Å². The van der Waals surface area contributed by atoms with Crippen molar-refractivity contribution in [3.05, 3.63) is 29.8 Å². The fourth-order valence-electron chi connectivity index (χ4n) is 1.16. The smallest absolute Gasteiger partial charge is 0.115 e. The van der Waals surface area contributed by atoms with Crippen molar-refractivity contribution in [3.8, 4) is 5.75 Å². The van der Waals surface area contributed by atoms with E-state index in [-0.39, 0.29) is 5.75 Å². The second-order valence-corrected chi connectivity index (χ2v) is 3.10. The van der Waals surface area contributed by atoms with E-state index in [1.165, 1.54) is 0 Å². The molecule has 3 heteroatoms. The number of aliphatic hydroxyl groups excluding tert-OH is 1. The van der Waals surface area contributed by atoms with Gasteiger partial charge in [-0.15, -0.1) is 0 Å². The van der Waals surface area contributed by atoms with Gasteiger partial charge in [0.15, 0.2) is 0 Å². The summed E-state index contributed by atoms with van der Waals surface area (Å²) < 4.78 is 0. The fraction of sp³-hybridized carbons (Fsp3) is 0.400. The molecule has 0 aliphatic heterocycles. The number of aryl methyl sites for hydroxylation is 1. The molecule has 0 saturated heterocycles. The Balaban J connectivity index is 2.45. The monoisotopic (exact) mass is 181 g/mol. The van der Waals surface area contributed by atoms with Gasteiger partial charge in [-0.25, -0.2) is 0 Å². The van der Waals surface area contributed by atoms with Crippen LogP contribution in [-0.4, -0.2) is 22.9 Å². The van der Waals surface area contributed by atoms with Crippen LogP contribution in [0.5, 0.6) is 5.75 Å². The Bertz CT molecular complexity index is 263. The van der Waals surface area contributed by atoms with Gasteiger partial charge in [0.1, 0.15) is 5.75 Å². The molecule has 0 aliphatic carbocycles. The van der Waals surface area contributed by atoms with Crippen molar-refractivity contribution in [2.75, 3.05) is 6.54 Å². The van der Waals surface area contributed by atoms with Crippen LogP contribution < -0.4 is 5.73 Å². The number of rotatable bonds is 4. The molecule has 3 nitrogen and oxygen atoms in total. The summed E-state index contributed by atoms with van der Waals surface area (Å²) in [5.74, 6) is 0.264. The number of benzene rings is 1. The van der Waals surface area contributed by atoms with Gasteiger partial charge in [-0.05, 0) is 30.5 Å². The second-order valence-electron chi connectivity index (χ2n) is 3.10. The average molecular weight is 181 g/mol. The van der Waals surface area contributed by atoms with Crippen molar-refractivity contribution in [2.45, 2.75) is 18.9 Å². The molecule has 1 aromatic rings. The molecular formula is C10H15NO2. The van der Waals surface area contributed by atoms with E-state index in [4.69, 9.17) is 10.8 Å². The fourth-order valence-corrected chi connectivity index (χ4v) is 1.16. The Morgan fingerprint density at radius 2 is 2.15 bits per heavy atom. The molecule has 1 unspecified atom stereocenters. The number of hydrogen-bond acceptors (Lipinski definition) is 3. The Hall–Kier alpha value is -1.06. The van der Waals surface area contributed by atoms with Gasteiger partial charge in [0.2, 0.25) is 0 Å². The van der Waals surface area contributed by atoms with E-state index >= 15 is 0 Å². The Morgan fingerprint density at radius 3 is 2.77 bits per heavy atom. The van der Waals surface area contributed by atoms with Crippen LogP contribution in [0.15, 0.2) is 24.3 Å². The summed E-state index contributed by atoms with van der Waals surface area (Å²) in [6, 6.07) is 7.04. The SMILES string of the molecule is NCC(O)CCc1cccc(O)c1. The summed E-state index contributed by atoms with van der Waals surface area (Å²) in [7, 11) is 0. The lowest BCUT2D eigenvalue weighted by Gasteiger charge is -2.06. The van der Waals surface area contributed by atoms with Crippen LogP contribution in [-0.2, 0) is 6.42 Å². The minimum Gasteiger partial charge on any atom is -0.508 e. The van der Waals surface area contributed by atoms with Gasteiger partial charge in [-0.1, -0.05) is 12.1 Å². The van der Waals surface area contributed by atoms with Gasteiger partial charge in [-0.2, -0.15) is 0 Å². The van der Waals surface area contributed by atoms with Crippen molar-refractivity contribution in [3.63, 3.8) is 0 Å². The highest BCUT2D eigenvalue weighted by molar-refractivity contribution is 5.27. The highest BCUT2D eigenvalue weighted by atomic mass is 16.3. The maximum Gasteiger partial charge on any atom is 0.115 e. The third-order valence-corrected chi connectivity index (χ3v) is 1.95. The summed E-state index contributed by atoms with van der Waals surface area (Å²) in [6.07, 6.45) is 0.939. The van der Waals surface area contributed by atoms with Crippen LogP contribution in [0.1, 0.15) is 12.0 Å². The van der Waals surface area contributed by atoms with Crippen LogP contribution in [0.25, 0.3) is 0 Å². The van der Waals surface area contributed by atoms with Gasteiger partial charge < -0.3 is 15.9 Å². The molecule has 4 N–H and O–H groups in total. The lowest BCUT2D eigenvalue weighted by molar-refractivity contribution is 0.173. The molecule has 0 aromatic heterocycles. The van der Waals surface area contributed by atoms with E-state index < -0.39 is 6.10 Å². The van der Waals surface area contributed by atoms with E-state index in [0.717, 1.165) is 12.0 Å². The molecule has 0 fully saturated rings. The Kier molecular flexibility index (Phi) is 3.73. The molecule has 1 aromatic carbocycles. The molecule has 72 valence electrons. The number of phenols is 1. The van der Waals surface area contributed by atoms with E-state index in [1.54, 1.807) is 18.2 Å². The first-order valence-corrected chi connectivity index (χ1v) is 4.38. The molecule has 0 radical (unpaired) electrons. The molecule has 13 heavy (non-hydrogen) atoms. The lowest BCUT2D eigenvalue weighted by atomic mass is 10.1. The number of phenolic OH excluding ortho intramolecular Hbond substituents is 1. The van der Waals surface area contributed by atoms with Gasteiger partial charge in [0, 0.05) is 6.54 Å². The summed E-state index contributed by atoms with van der Waals surface area (Å²) in [6.45, 7) is 0.290. The molecule has 0 saturated carbocycles. The molecule has 0 aliphatic rings. The molecule has 0 amide bonds. The summed E-state index contributed by atoms with van der Waals surface area (Å²) >= 11 is 0. The van der Waals surface area contributed by atoms with E-state index in [0.29, 0.717) is 13.0 Å². The van der Waals surface area contributed by atoms with Crippen LogP contribution >= 0.6 is 0 Å². The predicted octanol–water partition coefficient (Wildman–Crippen LogP) is 0.644. The topological polar surface area (TPSA) is 66.5 Å². The Labute approximate surface area is 77.8 Å². The average Bonchev–Trinajstić information content (AvgIpc) is 2.14. The van der Waals surface area contributed by atoms with E-state index in [2.05, 4.69) is 0 Å². The normalized spacial score (nSPS) is 12.8. The van der Waals surface area contributed by atoms with Crippen molar-refractivity contribution >= 4 is 0 Å². The van der Waals surface area contributed by atoms with Crippen molar-refractivity contribution in [1.82, 2.24) is 0 Å². The molecule has 1 atom stereocenters. The van der Waals surface area contributed by atoms with Crippen molar-refractivity contribution in [1.29, 1.82) is 0 Å². The van der Waals surface area contributed by atoms with E-state index in [1.807, 2.05) is 6.07 Å².